The zero-order valence-corrected chi connectivity index (χ0v) is 13.7. The molecule has 0 radical (unpaired) electrons. The second kappa shape index (κ2) is 5.34. The van der Waals surface area contributed by atoms with Gasteiger partial charge in [0, 0.05) is 0 Å². The molecule has 7 nitrogen and oxygen atoms in total. The first-order valence-electron chi connectivity index (χ1n) is 7.02. The van der Waals surface area contributed by atoms with Crippen LogP contribution in [0.2, 0.25) is 0 Å². The van der Waals surface area contributed by atoms with Crippen LogP contribution in [0.5, 0.6) is 0 Å². The maximum Gasteiger partial charge on any atom is 0.362 e. The molecule has 0 saturated carbocycles. The summed E-state index contributed by atoms with van der Waals surface area (Å²) in [5, 5.41) is 9.30. The summed E-state index contributed by atoms with van der Waals surface area (Å²) in [7, 11) is -3.96. The highest BCUT2D eigenvalue weighted by molar-refractivity contribution is 7.91. The summed E-state index contributed by atoms with van der Waals surface area (Å²) < 4.78 is 25.8. The molecule has 2 N–H and O–H groups in total. The van der Waals surface area contributed by atoms with Crippen LogP contribution in [-0.4, -0.2) is 23.3 Å². The SMILES string of the molecule is Cc1cc(C)cc(S(=O)(=O)c2cccc3c(=O)n(O)c(=O)[nH]c23)c1. The number of para-hydroxylation sites is 1. The fourth-order valence-electron chi connectivity index (χ4n) is 2.64. The van der Waals surface area contributed by atoms with Crippen molar-refractivity contribution in [1.29, 1.82) is 0 Å². The molecule has 0 spiro atoms. The number of aryl methyl sites for hydroxylation is 2. The Morgan fingerprint density at radius 2 is 1.67 bits per heavy atom. The average molecular weight is 346 g/mol. The Labute approximate surface area is 136 Å². The van der Waals surface area contributed by atoms with Gasteiger partial charge in [0.1, 0.15) is 0 Å². The number of aromatic nitrogens is 2. The third kappa shape index (κ3) is 2.41. The number of hydrogen-bond acceptors (Lipinski definition) is 5. The predicted octanol–water partition coefficient (Wildman–Crippen LogP) is 1.38. The molecular formula is C16H14N2O5S. The van der Waals surface area contributed by atoms with Crippen molar-refractivity contribution in [2.24, 2.45) is 0 Å². The first-order valence-corrected chi connectivity index (χ1v) is 8.51. The van der Waals surface area contributed by atoms with Crippen molar-refractivity contribution in [2.75, 3.05) is 0 Å². The number of rotatable bonds is 2. The maximum absolute atomic E-state index is 13.0. The van der Waals surface area contributed by atoms with Crippen LogP contribution in [-0.2, 0) is 9.84 Å². The molecule has 0 aliphatic heterocycles. The minimum Gasteiger partial charge on any atom is -0.421 e. The number of hydrogen-bond donors (Lipinski definition) is 2. The molecule has 0 aliphatic rings. The highest BCUT2D eigenvalue weighted by Gasteiger charge is 2.23. The van der Waals surface area contributed by atoms with Crippen molar-refractivity contribution in [3.05, 3.63) is 68.4 Å². The van der Waals surface area contributed by atoms with Gasteiger partial charge in [0.05, 0.1) is 20.7 Å². The largest absolute Gasteiger partial charge is 0.421 e. The molecule has 0 unspecified atom stereocenters. The number of nitrogens with one attached hydrogen (secondary N) is 1. The topological polar surface area (TPSA) is 109 Å². The summed E-state index contributed by atoms with van der Waals surface area (Å²) in [4.78, 5) is 25.7. The molecule has 1 aromatic heterocycles. The molecule has 0 saturated heterocycles. The quantitative estimate of drug-likeness (QED) is 0.681. The van der Waals surface area contributed by atoms with Gasteiger partial charge in [-0.3, -0.25) is 4.79 Å². The third-order valence-corrected chi connectivity index (χ3v) is 5.44. The van der Waals surface area contributed by atoms with Gasteiger partial charge in [-0.05, 0) is 49.2 Å². The standard InChI is InChI=1S/C16H14N2O5S/c1-9-6-10(2)8-11(7-9)24(22,23)13-5-3-4-12-14(13)17-16(20)18(21)15(12)19/h3-8,21H,1-2H3,(H,17,20). The zero-order valence-electron chi connectivity index (χ0n) is 12.9. The Balaban J connectivity index is 2.41. The molecule has 8 heteroatoms. The molecule has 2 aromatic carbocycles. The van der Waals surface area contributed by atoms with Crippen molar-refractivity contribution in [2.45, 2.75) is 23.6 Å². The minimum atomic E-state index is -3.96. The predicted molar refractivity (Wildman–Crippen MR) is 87.4 cm³/mol. The van der Waals surface area contributed by atoms with Crippen molar-refractivity contribution < 1.29 is 13.6 Å². The summed E-state index contributed by atoms with van der Waals surface area (Å²) in [6, 6.07) is 8.92. The van der Waals surface area contributed by atoms with Gasteiger partial charge in [-0.1, -0.05) is 16.9 Å². The first-order chi connectivity index (χ1) is 11.2. The van der Waals surface area contributed by atoms with Gasteiger partial charge in [0.2, 0.25) is 9.84 Å². The van der Waals surface area contributed by atoms with Gasteiger partial charge in [-0.15, -0.1) is 0 Å². The lowest BCUT2D eigenvalue weighted by molar-refractivity contribution is 0.162. The molecule has 0 fully saturated rings. The Kier molecular flexibility index (Phi) is 3.56. The molecule has 1 heterocycles. The van der Waals surface area contributed by atoms with Gasteiger partial charge in [-0.2, -0.15) is 0 Å². The molecule has 0 bridgehead atoms. The number of benzene rings is 2. The van der Waals surface area contributed by atoms with Gasteiger partial charge in [0.15, 0.2) is 0 Å². The summed E-state index contributed by atoms with van der Waals surface area (Å²) >= 11 is 0. The molecule has 0 amide bonds. The Morgan fingerprint density at radius 3 is 2.29 bits per heavy atom. The van der Waals surface area contributed by atoms with Crippen LogP contribution in [0.3, 0.4) is 0 Å². The van der Waals surface area contributed by atoms with E-state index in [1.165, 1.54) is 30.3 Å². The van der Waals surface area contributed by atoms with E-state index in [0.717, 1.165) is 11.1 Å². The van der Waals surface area contributed by atoms with E-state index in [4.69, 9.17) is 0 Å². The van der Waals surface area contributed by atoms with Crippen molar-refractivity contribution in [1.82, 2.24) is 9.71 Å². The minimum absolute atomic E-state index is 0.0709. The molecule has 3 aromatic rings. The first kappa shape index (κ1) is 16.0. The highest BCUT2D eigenvalue weighted by Crippen LogP contribution is 2.26. The maximum atomic E-state index is 13.0. The summed E-state index contributed by atoms with van der Waals surface area (Å²) in [5.41, 5.74) is -0.654. The van der Waals surface area contributed by atoms with Crippen LogP contribution in [0.4, 0.5) is 0 Å². The van der Waals surface area contributed by atoms with Crippen LogP contribution in [0.15, 0.2) is 55.8 Å². The molecular weight excluding hydrogens is 332 g/mol. The lowest BCUT2D eigenvalue weighted by atomic mass is 10.2. The zero-order chi connectivity index (χ0) is 17.6. The smallest absolute Gasteiger partial charge is 0.362 e. The Hall–Kier alpha value is -2.87. The normalized spacial score (nSPS) is 11.8. The fraction of sp³-hybridized carbons (Fsp3) is 0.125. The van der Waals surface area contributed by atoms with Gasteiger partial charge >= 0.3 is 5.69 Å². The summed E-state index contributed by atoms with van der Waals surface area (Å²) in [5.74, 6) is 0. The molecule has 3 rings (SSSR count). The van der Waals surface area contributed by atoms with E-state index >= 15 is 0 Å². The number of aromatic amines is 1. The van der Waals surface area contributed by atoms with Crippen LogP contribution < -0.4 is 11.2 Å². The second-order valence-corrected chi connectivity index (χ2v) is 7.47. The van der Waals surface area contributed by atoms with Crippen LogP contribution in [0.1, 0.15) is 11.1 Å². The number of nitrogens with zero attached hydrogens (tertiary/aromatic N) is 1. The van der Waals surface area contributed by atoms with E-state index in [1.54, 1.807) is 13.8 Å². The highest BCUT2D eigenvalue weighted by atomic mass is 32.2. The van der Waals surface area contributed by atoms with Crippen molar-refractivity contribution in [3.8, 4) is 0 Å². The van der Waals surface area contributed by atoms with Crippen molar-refractivity contribution in [3.63, 3.8) is 0 Å². The number of fused-ring (bicyclic) bond motifs is 1. The van der Waals surface area contributed by atoms with E-state index in [0.29, 0.717) is 0 Å². The Bertz CT molecular complexity index is 1170. The number of H-pyrrole nitrogens is 1. The number of sulfone groups is 1. The fourth-order valence-corrected chi connectivity index (χ4v) is 4.27. The van der Waals surface area contributed by atoms with E-state index in [-0.39, 0.29) is 25.4 Å². The summed E-state index contributed by atoms with van der Waals surface area (Å²) in [6.07, 6.45) is 0. The molecule has 0 atom stereocenters. The van der Waals surface area contributed by atoms with Gasteiger partial charge in [-0.25, -0.2) is 13.2 Å². The van der Waals surface area contributed by atoms with Gasteiger partial charge < -0.3 is 10.2 Å². The van der Waals surface area contributed by atoms with Crippen LogP contribution in [0.25, 0.3) is 10.9 Å². The van der Waals surface area contributed by atoms with E-state index in [2.05, 4.69) is 4.98 Å². The molecule has 24 heavy (non-hydrogen) atoms. The van der Waals surface area contributed by atoms with Crippen LogP contribution >= 0.6 is 0 Å². The lowest BCUT2D eigenvalue weighted by Crippen LogP contribution is -2.33. The molecule has 124 valence electrons. The molecule has 0 aliphatic carbocycles. The van der Waals surface area contributed by atoms with E-state index in [9.17, 15) is 23.2 Å². The summed E-state index contributed by atoms with van der Waals surface area (Å²) in [6.45, 7) is 3.56. The monoisotopic (exact) mass is 346 g/mol. The Morgan fingerprint density at radius 1 is 1.04 bits per heavy atom. The van der Waals surface area contributed by atoms with Gasteiger partial charge in [0.25, 0.3) is 5.56 Å². The van der Waals surface area contributed by atoms with Crippen LogP contribution in [0, 0.1) is 13.8 Å². The average Bonchev–Trinajstić information content (AvgIpc) is 2.51. The van der Waals surface area contributed by atoms with E-state index in [1.807, 2.05) is 6.07 Å². The van der Waals surface area contributed by atoms with Crippen molar-refractivity contribution >= 4 is 20.7 Å². The second-order valence-electron chi connectivity index (χ2n) is 5.55. The lowest BCUT2D eigenvalue weighted by Gasteiger charge is -2.10. The van der Waals surface area contributed by atoms with E-state index < -0.39 is 21.1 Å². The third-order valence-electron chi connectivity index (χ3n) is 3.67.